The maximum atomic E-state index is 13.2. The minimum atomic E-state index is -0.611. The van der Waals surface area contributed by atoms with Gasteiger partial charge in [0.25, 0.3) is 5.91 Å². The van der Waals surface area contributed by atoms with Crippen LogP contribution in [0, 0.1) is 0 Å². The zero-order valence-corrected chi connectivity index (χ0v) is 35.4. The fraction of sp³-hybridized carbons (Fsp3) is 0.386. The van der Waals surface area contributed by atoms with Gasteiger partial charge in [-0.2, -0.15) is 4.98 Å². The summed E-state index contributed by atoms with van der Waals surface area (Å²) < 4.78 is 5.84. The Bertz CT molecular complexity index is 2240. The number of imide groups is 1. The van der Waals surface area contributed by atoms with Gasteiger partial charge < -0.3 is 25.2 Å². The smallest absolute Gasteiger partial charge is 0.255 e. The molecular weight excluding hydrogens is 785 g/mol. The van der Waals surface area contributed by atoms with Gasteiger partial charge in [0.05, 0.1) is 19.0 Å². The number of carbonyl (C=O) groups excluding carboxylic acids is 3. The van der Waals surface area contributed by atoms with Crippen LogP contribution in [-0.4, -0.2) is 121 Å². The second kappa shape index (κ2) is 18.0. The fourth-order valence-corrected chi connectivity index (χ4v) is 9.74. The average molecular weight is 836 g/mol. The first-order chi connectivity index (χ1) is 28.6. The van der Waals surface area contributed by atoms with E-state index in [0.717, 1.165) is 92.6 Å². The number of hydrogen-bond acceptors (Lipinski definition) is 11. The van der Waals surface area contributed by atoms with Crippen LogP contribution in [0.4, 0.5) is 28.8 Å². The summed E-state index contributed by atoms with van der Waals surface area (Å²) in [5.74, 6) is 0.869. The van der Waals surface area contributed by atoms with Gasteiger partial charge in [-0.05, 0) is 73.3 Å². The molecule has 4 aromatic rings. The Balaban J connectivity index is 0.812. The molecule has 8 rings (SSSR count). The van der Waals surface area contributed by atoms with Crippen molar-refractivity contribution in [1.82, 2.24) is 30.0 Å². The molecule has 0 spiro atoms. The molecular formula is C44H51ClN9O4P. The highest BCUT2D eigenvalue weighted by molar-refractivity contribution is 7.64. The molecule has 3 saturated heterocycles. The predicted octanol–water partition coefficient (Wildman–Crippen LogP) is 6.05. The summed E-state index contributed by atoms with van der Waals surface area (Å²) in [6.07, 6.45) is 8.71. The molecule has 13 nitrogen and oxygen atoms in total. The number of amides is 3. The van der Waals surface area contributed by atoms with Crippen molar-refractivity contribution in [3.63, 3.8) is 0 Å². The van der Waals surface area contributed by atoms with Gasteiger partial charge in [-0.1, -0.05) is 62.0 Å². The van der Waals surface area contributed by atoms with E-state index in [1.165, 1.54) is 5.30 Å². The molecule has 0 bridgehead atoms. The van der Waals surface area contributed by atoms with E-state index in [9.17, 15) is 14.4 Å². The molecule has 4 aliphatic rings. The zero-order valence-electron chi connectivity index (χ0n) is 33.8. The first kappa shape index (κ1) is 40.7. The molecule has 4 aliphatic heterocycles. The predicted molar refractivity (Wildman–Crippen MR) is 236 cm³/mol. The third-order valence-corrected chi connectivity index (χ3v) is 13.5. The van der Waals surface area contributed by atoms with Crippen LogP contribution >= 0.6 is 19.5 Å². The lowest BCUT2D eigenvalue weighted by atomic mass is 10.0. The van der Waals surface area contributed by atoms with Crippen molar-refractivity contribution < 1.29 is 19.1 Å². The standard InChI is InChI=1S/C44H51ClN9O4P/c1-58-38-26-31(13-14-35(38)48-44-46-27-34(45)41(50-44)47-36-11-4-5-12-39(36)59(2)3)52-20-17-30(18-21-52)53-24-22-51(23-25-53)19-7-9-29-8-6-10-32-33(29)28-54(43(32)57)37-15-16-40(55)49-42(37)56/h4-14,26-27,30,37H,15-25,28H2,1-3H3,(H,49,55,56)(H2,46,47,48,50)/b9-7+. The minimum Gasteiger partial charge on any atom is -0.494 e. The van der Waals surface area contributed by atoms with Crippen molar-refractivity contribution in [2.75, 3.05) is 81.8 Å². The highest BCUT2D eigenvalue weighted by Gasteiger charge is 2.39. The van der Waals surface area contributed by atoms with E-state index in [1.807, 2.05) is 42.5 Å². The lowest BCUT2D eigenvalue weighted by Gasteiger charge is -2.43. The number of hydrogen-bond donors (Lipinski definition) is 3. The van der Waals surface area contributed by atoms with Gasteiger partial charge >= 0.3 is 0 Å². The Labute approximate surface area is 351 Å². The summed E-state index contributed by atoms with van der Waals surface area (Å²) in [6, 6.07) is 20.2. The van der Waals surface area contributed by atoms with Crippen molar-refractivity contribution in [2.45, 2.75) is 44.3 Å². The number of carbonyl (C=O) groups is 3. The molecule has 1 aromatic heterocycles. The normalized spacial score (nSPS) is 19.4. The molecule has 1 atom stereocenters. The van der Waals surface area contributed by atoms with Gasteiger partial charge in [0.15, 0.2) is 5.82 Å². The van der Waals surface area contributed by atoms with E-state index >= 15 is 0 Å². The van der Waals surface area contributed by atoms with Crippen LogP contribution in [0.25, 0.3) is 6.08 Å². The molecule has 3 amide bonds. The zero-order chi connectivity index (χ0) is 41.0. The number of halogens is 1. The van der Waals surface area contributed by atoms with Gasteiger partial charge in [0, 0.05) is 87.8 Å². The van der Waals surface area contributed by atoms with E-state index in [1.54, 1.807) is 18.2 Å². The molecule has 0 radical (unpaired) electrons. The molecule has 15 heteroatoms. The van der Waals surface area contributed by atoms with Gasteiger partial charge in [-0.15, -0.1) is 0 Å². The summed E-state index contributed by atoms with van der Waals surface area (Å²) in [5, 5.41) is 10.8. The number of ether oxygens (including phenoxy) is 1. The minimum absolute atomic E-state index is 0.144. The van der Waals surface area contributed by atoms with Crippen molar-refractivity contribution in [3.05, 3.63) is 94.6 Å². The van der Waals surface area contributed by atoms with E-state index in [2.05, 4.69) is 79.3 Å². The van der Waals surface area contributed by atoms with Crippen LogP contribution in [0.2, 0.25) is 5.02 Å². The average Bonchev–Trinajstić information content (AvgIpc) is 3.58. The summed E-state index contributed by atoms with van der Waals surface area (Å²) in [5.41, 5.74) is 5.48. The van der Waals surface area contributed by atoms with Gasteiger partial charge in [-0.3, -0.25) is 29.5 Å². The Kier molecular flexibility index (Phi) is 12.4. The lowest BCUT2D eigenvalue weighted by Crippen LogP contribution is -2.53. The van der Waals surface area contributed by atoms with Crippen molar-refractivity contribution in [3.8, 4) is 5.75 Å². The van der Waals surface area contributed by atoms with Crippen LogP contribution < -0.4 is 30.9 Å². The van der Waals surface area contributed by atoms with E-state index in [4.69, 9.17) is 21.3 Å². The maximum Gasteiger partial charge on any atom is 0.255 e. The quantitative estimate of drug-likeness (QED) is 0.114. The Morgan fingerprint density at radius 2 is 1.73 bits per heavy atom. The molecule has 1 unspecified atom stereocenters. The number of rotatable bonds is 12. The number of piperazine rings is 1. The molecule has 3 N–H and O–H groups in total. The van der Waals surface area contributed by atoms with E-state index < -0.39 is 6.04 Å². The van der Waals surface area contributed by atoms with Crippen molar-refractivity contribution >= 4 is 77.5 Å². The second-order valence-corrected chi connectivity index (χ2v) is 18.3. The maximum absolute atomic E-state index is 13.2. The molecule has 3 aromatic carbocycles. The largest absolute Gasteiger partial charge is 0.494 e. The summed E-state index contributed by atoms with van der Waals surface area (Å²) in [6.45, 7) is 11.7. The molecule has 0 aliphatic carbocycles. The van der Waals surface area contributed by atoms with Crippen LogP contribution in [0.1, 0.15) is 47.2 Å². The lowest BCUT2D eigenvalue weighted by molar-refractivity contribution is -0.136. The van der Waals surface area contributed by atoms with E-state index in [-0.39, 0.29) is 32.1 Å². The summed E-state index contributed by atoms with van der Waals surface area (Å²) in [7, 11) is 1.36. The van der Waals surface area contributed by atoms with Crippen LogP contribution in [0.15, 0.2) is 72.9 Å². The number of para-hydroxylation sites is 1. The number of nitrogens with one attached hydrogen (secondary N) is 3. The van der Waals surface area contributed by atoms with Gasteiger partial charge in [-0.25, -0.2) is 4.98 Å². The van der Waals surface area contributed by atoms with Crippen LogP contribution in [0.3, 0.4) is 0 Å². The number of fused-ring (bicyclic) bond motifs is 1. The van der Waals surface area contributed by atoms with Gasteiger partial charge in [0.1, 0.15) is 16.8 Å². The SMILES string of the molecule is COc1cc(N2CCC(N3CCN(C/C=C/c4cccc5c4CN(C4CCC(=O)NC4=O)C5=O)CC3)CC2)ccc1Nc1ncc(Cl)c(Nc2ccccc2P(C)C)n1. The molecule has 3 fully saturated rings. The van der Waals surface area contributed by atoms with Crippen molar-refractivity contribution in [2.24, 2.45) is 0 Å². The molecule has 308 valence electrons. The topological polar surface area (TPSA) is 135 Å². The van der Waals surface area contributed by atoms with Crippen LogP contribution in [0.5, 0.6) is 5.75 Å². The monoisotopic (exact) mass is 835 g/mol. The first-order valence-corrected chi connectivity index (χ1v) is 22.9. The molecule has 0 saturated carbocycles. The van der Waals surface area contributed by atoms with Crippen LogP contribution in [-0.2, 0) is 16.1 Å². The first-order valence-electron chi connectivity index (χ1n) is 20.3. The Hall–Kier alpha value is -5.07. The van der Waals surface area contributed by atoms with Crippen molar-refractivity contribution in [1.29, 1.82) is 0 Å². The number of anilines is 5. The fourth-order valence-electron chi connectivity index (χ4n) is 8.61. The molecule has 5 heterocycles. The number of benzene rings is 3. The Morgan fingerprint density at radius 1 is 0.932 bits per heavy atom. The summed E-state index contributed by atoms with van der Waals surface area (Å²) >= 11 is 6.52. The third kappa shape index (κ3) is 9.09. The highest BCUT2D eigenvalue weighted by atomic mass is 35.5. The number of aromatic nitrogens is 2. The second-order valence-electron chi connectivity index (χ2n) is 15.7. The third-order valence-electron chi connectivity index (χ3n) is 11.8. The number of methoxy groups -OCH3 is 1. The highest BCUT2D eigenvalue weighted by Crippen LogP contribution is 2.35. The van der Waals surface area contributed by atoms with E-state index in [0.29, 0.717) is 41.4 Å². The molecule has 59 heavy (non-hydrogen) atoms. The number of piperidine rings is 2. The van der Waals surface area contributed by atoms with Gasteiger partial charge in [0.2, 0.25) is 17.8 Å². The summed E-state index contributed by atoms with van der Waals surface area (Å²) in [4.78, 5) is 55.7. The number of nitrogens with zero attached hydrogens (tertiary/aromatic N) is 6. The Morgan fingerprint density at radius 3 is 2.49 bits per heavy atom.